The van der Waals surface area contributed by atoms with Crippen LogP contribution in [0.15, 0.2) is 0 Å². The Balaban J connectivity index is 2.60. The molecule has 0 saturated carbocycles. The molecule has 8 heteroatoms. The van der Waals surface area contributed by atoms with Gasteiger partial charge in [-0.15, -0.1) is 5.10 Å². The van der Waals surface area contributed by atoms with Crippen LogP contribution in [0.4, 0.5) is 5.95 Å². The number of aryl methyl sites for hydroxylation is 1. The summed E-state index contributed by atoms with van der Waals surface area (Å²) < 4.78 is 4.16. The maximum absolute atomic E-state index is 10.9. The van der Waals surface area contributed by atoms with E-state index >= 15 is 0 Å². The summed E-state index contributed by atoms with van der Waals surface area (Å²) in [7, 11) is 2.63. The molecule has 0 saturated heterocycles. The summed E-state index contributed by atoms with van der Waals surface area (Å²) in [5.41, 5.74) is 0. The number of rotatable bonds is 1. The average molecular weight is 185 g/mol. The van der Waals surface area contributed by atoms with Gasteiger partial charge >= 0.3 is 11.9 Å². The molecule has 0 fully saturated rings. The quantitative estimate of drug-likeness (QED) is 0.414. The molecule has 13 heavy (non-hydrogen) atoms. The Kier molecular flexibility index (Phi) is 2.52. The van der Waals surface area contributed by atoms with E-state index in [0.29, 0.717) is 0 Å². The standard InChI is InChI=1S/C5H7N5O3/c1-10-8-5(7-9-10)6-3(11)4(12)13-2/h1-2H3,(H,6,8,11). The summed E-state index contributed by atoms with van der Waals surface area (Å²) in [6.45, 7) is 0. The zero-order chi connectivity index (χ0) is 9.84. The number of carbonyl (C=O) groups excluding carboxylic acids is 2. The van der Waals surface area contributed by atoms with Crippen molar-refractivity contribution in [1.29, 1.82) is 0 Å². The van der Waals surface area contributed by atoms with Gasteiger partial charge in [0.25, 0.3) is 5.95 Å². The topological polar surface area (TPSA) is 99.0 Å². The van der Waals surface area contributed by atoms with Crippen molar-refractivity contribution in [3.8, 4) is 0 Å². The molecule has 0 radical (unpaired) electrons. The van der Waals surface area contributed by atoms with Crippen molar-refractivity contribution in [2.45, 2.75) is 0 Å². The number of ether oxygens (including phenoxy) is 1. The third-order valence-electron chi connectivity index (χ3n) is 1.10. The number of methoxy groups -OCH3 is 1. The zero-order valence-electron chi connectivity index (χ0n) is 7.01. The van der Waals surface area contributed by atoms with Crippen LogP contribution in [0.1, 0.15) is 0 Å². The molecule has 1 heterocycles. The van der Waals surface area contributed by atoms with Crippen molar-refractivity contribution < 1.29 is 14.3 Å². The SMILES string of the molecule is COC(=O)C(=O)Nc1nnn(C)n1. The van der Waals surface area contributed by atoms with E-state index in [0.717, 1.165) is 11.9 Å². The largest absolute Gasteiger partial charge is 0.462 e. The highest BCUT2D eigenvalue weighted by Gasteiger charge is 2.15. The summed E-state index contributed by atoms with van der Waals surface area (Å²) in [5.74, 6) is -1.99. The zero-order valence-corrected chi connectivity index (χ0v) is 7.01. The van der Waals surface area contributed by atoms with Gasteiger partial charge in [-0.1, -0.05) is 5.10 Å². The number of amides is 1. The molecule has 0 aromatic carbocycles. The minimum atomic E-state index is -1.01. The van der Waals surface area contributed by atoms with E-state index < -0.39 is 11.9 Å². The lowest BCUT2D eigenvalue weighted by molar-refractivity contribution is -0.150. The van der Waals surface area contributed by atoms with E-state index in [1.165, 1.54) is 7.05 Å². The molecule has 0 unspecified atom stereocenters. The highest BCUT2D eigenvalue weighted by atomic mass is 16.5. The average Bonchev–Trinajstić information content (AvgIpc) is 2.49. The third kappa shape index (κ3) is 2.22. The van der Waals surface area contributed by atoms with Crippen LogP contribution in [0.25, 0.3) is 0 Å². The van der Waals surface area contributed by atoms with E-state index in [1.54, 1.807) is 0 Å². The van der Waals surface area contributed by atoms with Gasteiger partial charge in [0, 0.05) is 0 Å². The minimum absolute atomic E-state index is 0.0436. The van der Waals surface area contributed by atoms with Gasteiger partial charge in [-0.2, -0.15) is 4.80 Å². The summed E-state index contributed by atoms with van der Waals surface area (Å²) in [4.78, 5) is 22.6. The monoisotopic (exact) mass is 185 g/mol. The molecule has 1 aromatic rings. The minimum Gasteiger partial charge on any atom is -0.462 e. The van der Waals surface area contributed by atoms with Gasteiger partial charge in [-0.05, 0) is 5.21 Å². The number of carbonyl (C=O) groups is 2. The Bertz CT molecular complexity index is 333. The first-order valence-corrected chi connectivity index (χ1v) is 3.27. The predicted octanol–water partition coefficient (Wildman–Crippen LogP) is -1.68. The maximum atomic E-state index is 10.9. The Labute approximate surface area is 72.9 Å². The fourth-order valence-electron chi connectivity index (χ4n) is 0.579. The molecule has 8 nitrogen and oxygen atoms in total. The van der Waals surface area contributed by atoms with Crippen molar-refractivity contribution in [3.63, 3.8) is 0 Å². The number of anilines is 1. The molecular formula is C5H7N5O3. The highest BCUT2D eigenvalue weighted by Crippen LogP contribution is 1.91. The molecule has 1 amide bonds. The predicted molar refractivity (Wildman–Crippen MR) is 39.4 cm³/mol. The van der Waals surface area contributed by atoms with Crippen molar-refractivity contribution in [3.05, 3.63) is 0 Å². The maximum Gasteiger partial charge on any atom is 0.396 e. The Morgan fingerprint density at radius 1 is 1.54 bits per heavy atom. The van der Waals surface area contributed by atoms with E-state index in [9.17, 15) is 9.59 Å². The van der Waals surface area contributed by atoms with Crippen molar-refractivity contribution in [2.24, 2.45) is 7.05 Å². The molecule has 0 atom stereocenters. The fraction of sp³-hybridized carbons (Fsp3) is 0.400. The van der Waals surface area contributed by atoms with Gasteiger partial charge in [0.2, 0.25) is 0 Å². The Hall–Kier alpha value is -1.99. The van der Waals surface area contributed by atoms with Crippen LogP contribution in [-0.2, 0) is 21.4 Å². The van der Waals surface area contributed by atoms with Crippen molar-refractivity contribution in [1.82, 2.24) is 20.2 Å². The van der Waals surface area contributed by atoms with Crippen LogP contribution in [0.5, 0.6) is 0 Å². The van der Waals surface area contributed by atoms with Crippen molar-refractivity contribution in [2.75, 3.05) is 12.4 Å². The molecule has 70 valence electrons. The third-order valence-corrected chi connectivity index (χ3v) is 1.10. The van der Waals surface area contributed by atoms with Gasteiger partial charge in [-0.25, -0.2) is 4.79 Å². The lowest BCUT2D eigenvalue weighted by Crippen LogP contribution is -2.24. The number of tetrazole rings is 1. The summed E-state index contributed by atoms with van der Waals surface area (Å²) in [5, 5.41) is 12.6. The molecule has 0 spiro atoms. The van der Waals surface area contributed by atoms with Crippen LogP contribution < -0.4 is 5.32 Å². The Morgan fingerprint density at radius 3 is 2.69 bits per heavy atom. The number of aromatic nitrogens is 4. The molecular weight excluding hydrogens is 178 g/mol. The van der Waals surface area contributed by atoms with E-state index in [4.69, 9.17) is 0 Å². The van der Waals surface area contributed by atoms with Crippen LogP contribution in [0.2, 0.25) is 0 Å². The number of hydrogen-bond acceptors (Lipinski definition) is 6. The van der Waals surface area contributed by atoms with Gasteiger partial charge in [0.1, 0.15) is 0 Å². The molecule has 1 rings (SSSR count). The second-order valence-corrected chi connectivity index (χ2v) is 2.05. The molecule has 1 aromatic heterocycles. The summed E-state index contributed by atoms with van der Waals surface area (Å²) in [6, 6.07) is 0. The van der Waals surface area contributed by atoms with Gasteiger partial charge < -0.3 is 4.74 Å². The van der Waals surface area contributed by atoms with Gasteiger partial charge in [0.05, 0.1) is 14.2 Å². The molecule has 1 N–H and O–H groups in total. The second-order valence-electron chi connectivity index (χ2n) is 2.05. The van der Waals surface area contributed by atoms with E-state index in [1.807, 2.05) is 0 Å². The molecule has 0 aliphatic heterocycles. The van der Waals surface area contributed by atoms with Gasteiger partial charge in [-0.3, -0.25) is 10.1 Å². The normalized spacial score (nSPS) is 9.38. The fourth-order valence-corrected chi connectivity index (χ4v) is 0.579. The second kappa shape index (κ2) is 3.61. The first-order chi connectivity index (χ1) is 6.13. The van der Waals surface area contributed by atoms with Gasteiger partial charge in [0.15, 0.2) is 0 Å². The number of nitrogens with one attached hydrogen (secondary N) is 1. The number of hydrogen-bond donors (Lipinski definition) is 1. The smallest absolute Gasteiger partial charge is 0.396 e. The van der Waals surface area contributed by atoms with Crippen molar-refractivity contribution >= 4 is 17.8 Å². The molecule has 0 aliphatic carbocycles. The van der Waals surface area contributed by atoms with Crippen LogP contribution in [-0.4, -0.2) is 39.2 Å². The number of esters is 1. The first-order valence-electron chi connectivity index (χ1n) is 3.27. The first kappa shape index (κ1) is 9.10. The van der Waals surface area contributed by atoms with Crippen LogP contribution in [0, 0.1) is 0 Å². The van der Waals surface area contributed by atoms with E-state index in [-0.39, 0.29) is 5.95 Å². The molecule has 0 bridgehead atoms. The highest BCUT2D eigenvalue weighted by molar-refractivity contribution is 6.37. The lowest BCUT2D eigenvalue weighted by Gasteiger charge is -1.96. The van der Waals surface area contributed by atoms with Crippen LogP contribution >= 0.6 is 0 Å². The summed E-state index contributed by atoms with van der Waals surface area (Å²) >= 11 is 0. The summed E-state index contributed by atoms with van der Waals surface area (Å²) in [6.07, 6.45) is 0. The van der Waals surface area contributed by atoms with Crippen LogP contribution in [0.3, 0.4) is 0 Å². The number of nitrogens with zero attached hydrogens (tertiary/aromatic N) is 4. The lowest BCUT2D eigenvalue weighted by atomic mass is 10.6. The Morgan fingerprint density at radius 2 is 2.23 bits per heavy atom. The molecule has 0 aliphatic rings. The van der Waals surface area contributed by atoms with E-state index in [2.05, 4.69) is 25.5 Å².